The maximum atomic E-state index is 12.6. The molecule has 1 atom stereocenters. The smallest absolute Gasteiger partial charge is 0.255 e. The van der Waals surface area contributed by atoms with Gasteiger partial charge in [0.2, 0.25) is 11.8 Å². The van der Waals surface area contributed by atoms with Gasteiger partial charge in [0, 0.05) is 29.7 Å². The highest BCUT2D eigenvalue weighted by molar-refractivity contribution is 6.06. The van der Waals surface area contributed by atoms with E-state index in [1.807, 2.05) is 0 Å². The Hall–Kier alpha value is -2.37. The third-order valence-corrected chi connectivity index (χ3v) is 3.15. The molecule has 98 valence electrons. The Kier molecular flexibility index (Phi) is 1.70. The molecule has 0 bridgehead atoms. The van der Waals surface area contributed by atoms with E-state index in [-0.39, 0.29) is 41.7 Å². The Morgan fingerprint density at radius 2 is 2.21 bits per heavy atom. The van der Waals surface area contributed by atoms with Gasteiger partial charge in [-0.1, -0.05) is 6.07 Å². The zero-order valence-corrected chi connectivity index (χ0v) is 9.82. The molecule has 1 fully saturated rings. The fourth-order valence-corrected chi connectivity index (χ4v) is 2.19. The number of nitrogen functional groups attached to an aromatic ring is 1. The number of nitrogens with zero attached hydrogens (tertiary/aromatic N) is 1. The number of carbonyl (C=O) groups excluding carboxylic acids is 3. The molecule has 3 rings (SSSR count). The van der Waals surface area contributed by atoms with Crippen LogP contribution in [0.5, 0.6) is 0 Å². The second-order valence-corrected chi connectivity index (χ2v) is 4.35. The molecule has 1 aromatic rings. The standard InChI is InChI=1S/C13H13N3O3/c14-9-3-1-2-7-8(9)6-16(13(7)19)10-4-5-11(17)15-12(10)18/h1-3,10H,4-6,14H2,(H,15,17,18)/i2D,3D,6D2. The maximum Gasteiger partial charge on any atom is 0.255 e. The van der Waals surface area contributed by atoms with Gasteiger partial charge in [-0.15, -0.1) is 0 Å². The molecule has 6 nitrogen and oxygen atoms in total. The minimum absolute atomic E-state index is 0.00905. The van der Waals surface area contributed by atoms with Crippen molar-refractivity contribution in [3.8, 4) is 0 Å². The monoisotopic (exact) mass is 263 g/mol. The summed E-state index contributed by atoms with van der Waals surface area (Å²) in [6.07, 6.45) is -0.0234. The highest BCUT2D eigenvalue weighted by Gasteiger charge is 2.39. The van der Waals surface area contributed by atoms with Gasteiger partial charge in [-0.25, -0.2) is 0 Å². The quantitative estimate of drug-likeness (QED) is 0.552. The van der Waals surface area contributed by atoms with Crippen molar-refractivity contribution >= 4 is 23.4 Å². The number of benzene rings is 1. The lowest BCUT2D eigenvalue weighted by molar-refractivity contribution is -0.136. The van der Waals surface area contributed by atoms with Gasteiger partial charge in [-0.3, -0.25) is 19.7 Å². The van der Waals surface area contributed by atoms with E-state index in [0.717, 1.165) is 6.07 Å². The third kappa shape index (κ3) is 1.76. The Bertz CT molecular complexity index is 765. The number of rotatable bonds is 1. The van der Waals surface area contributed by atoms with Gasteiger partial charge in [0.1, 0.15) is 6.04 Å². The number of carbonyl (C=O) groups is 3. The number of hydrogen-bond donors (Lipinski definition) is 2. The largest absolute Gasteiger partial charge is 0.398 e. The van der Waals surface area contributed by atoms with Crippen molar-refractivity contribution in [2.45, 2.75) is 25.4 Å². The molecule has 0 saturated carbocycles. The number of imide groups is 1. The molecule has 6 heteroatoms. The summed E-state index contributed by atoms with van der Waals surface area (Å²) in [6, 6.07) is -0.676. The first-order valence-corrected chi connectivity index (χ1v) is 5.73. The molecule has 0 aromatic heterocycles. The summed E-state index contributed by atoms with van der Waals surface area (Å²) in [6.45, 7) is -2.44. The summed E-state index contributed by atoms with van der Waals surface area (Å²) < 4.78 is 32.0. The van der Waals surface area contributed by atoms with Crippen molar-refractivity contribution in [1.82, 2.24) is 10.2 Å². The zero-order valence-electron chi connectivity index (χ0n) is 13.8. The summed E-state index contributed by atoms with van der Waals surface area (Å²) in [5.41, 5.74) is 5.01. The van der Waals surface area contributed by atoms with Gasteiger partial charge in [-0.2, -0.15) is 0 Å². The number of piperidine rings is 1. The van der Waals surface area contributed by atoms with Crippen LogP contribution in [-0.2, 0) is 16.1 Å². The summed E-state index contributed by atoms with van der Waals surface area (Å²) >= 11 is 0. The highest BCUT2D eigenvalue weighted by atomic mass is 16.2. The molecule has 3 amide bonds. The normalized spacial score (nSPS) is 28.1. The van der Waals surface area contributed by atoms with E-state index < -0.39 is 30.3 Å². The SMILES string of the molecule is [2H]c1cc([2H])c2c(c1N)C([2H])([2H])N(C1CCC(=O)NC1=O)C2=O. The fraction of sp³-hybridized carbons (Fsp3) is 0.308. The molecule has 1 saturated heterocycles. The van der Waals surface area contributed by atoms with E-state index >= 15 is 0 Å². The van der Waals surface area contributed by atoms with Crippen LogP contribution < -0.4 is 11.1 Å². The molecule has 0 radical (unpaired) electrons. The van der Waals surface area contributed by atoms with E-state index in [1.54, 1.807) is 0 Å². The van der Waals surface area contributed by atoms with Crippen LogP contribution >= 0.6 is 0 Å². The number of nitrogens with two attached hydrogens (primary N) is 1. The number of amides is 3. The molecule has 2 aliphatic heterocycles. The average molecular weight is 263 g/mol. The molecule has 1 aromatic carbocycles. The van der Waals surface area contributed by atoms with Crippen LogP contribution in [0.15, 0.2) is 18.2 Å². The van der Waals surface area contributed by atoms with E-state index in [0.29, 0.717) is 4.90 Å². The van der Waals surface area contributed by atoms with Gasteiger partial charge < -0.3 is 10.6 Å². The third-order valence-electron chi connectivity index (χ3n) is 3.15. The lowest BCUT2D eigenvalue weighted by Gasteiger charge is -2.29. The Morgan fingerprint density at radius 1 is 1.42 bits per heavy atom. The predicted molar refractivity (Wildman–Crippen MR) is 66.9 cm³/mol. The van der Waals surface area contributed by atoms with Gasteiger partial charge in [-0.05, 0) is 18.5 Å². The number of fused-ring (bicyclic) bond motifs is 1. The van der Waals surface area contributed by atoms with Crippen LogP contribution in [0, 0.1) is 0 Å². The number of anilines is 1. The van der Waals surface area contributed by atoms with Crippen LogP contribution in [0.25, 0.3) is 0 Å². The molecule has 19 heavy (non-hydrogen) atoms. The first-order chi connectivity index (χ1) is 10.7. The van der Waals surface area contributed by atoms with Crippen molar-refractivity contribution in [2.24, 2.45) is 0 Å². The molecule has 2 aliphatic rings. The van der Waals surface area contributed by atoms with Crippen molar-refractivity contribution in [1.29, 1.82) is 0 Å². The molecule has 2 heterocycles. The van der Waals surface area contributed by atoms with E-state index in [1.165, 1.54) is 0 Å². The molecule has 0 aliphatic carbocycles. The van der Waals surface area contributed by atoms with Crippen LogP contribution in [0.2, 0.25) is 0 Å². The van der Waals surface area contributed by atoms with Crippen LogP contribution in [-0.4, -0.2) is 28.7 Å². The van der Waals surface area contributed by atoms with Gasteiger partial charge in [0.15, 0.2) is 0 Å². The Balaban J connectivity index is 2.14. The summed E-state index contributed by atoms with van der Waals surface area (Å²) in [7, 11) is 0. The molecular formula is C13H13N3O3. The second kappa shape index (κ2) is 4.08. The minimum atomic E-state index is -2.44. The Labute approximate surface area is 115 Å². The summed E-state index contributed by atoms with van der Waals surface area (Å²) in [5.74, 6) is -2.08. The van der Waals surface area contributed by atoms with Crippen LogP contribution in [0.1, 0.15) is 34.2 Å². The molecule has 0 spiro atoms. The molecule has 1 unspecified atom stereocenters. The maximum absolute atomic E-state index is 12.6. The first kappa shape index (κ1) is 7.93. The fourth-order valence-electron chi connectivity index (χ4n) is 2.19. The van der Waals surface area contributed by atoms with E-state index in [4.69, 9.17) is 11.2 Å². The number of nitrogens with one attached hydrogen (secondary N) is 1. The van der Waals surface area contributed by atoms with Crippen molar-refractivity contribution in [3.63, 3.8) is 0 Å². The average Bonchev–Trinajstić information content (AvgIpc) is 2.64. The minimum Gasteiger partial charge on any atom is -0.398 e. The molecular weight excluding hydrogens is 246 g/mol. The zero-order chi connectivity index (χ0) is 17.1. The van der Waals surface area contributed by atoms with Crippen molar-refractivity contribution in [3.05, 3.63) is 29.3 Å². The lowest BCUT2D eigenvalue weighted by Crippen LogP contribution is -2.52. The van der Waals surface area contributed by atoms with Gasteiger partial charge >= 0.3 is 0 Å². The number of hydrogen-bond acceptors (Lipinski definition) is 4. The van der Waals surface area contributed by atoms with Crippen LogP contribution in [0.4, 0.5) is 5.69 Å². The first-order valence-electron chi connectivity index (χ1n) is 7.73. The Morgan fingerprint density at radius 3 is 2.95 bits per heavy atom. The highest BCUT2D eigenvalue weighted by Crippen LogP contribution is 2.30. The van der Waals surface area contributed by atoms with Crippen molar-refractivity contribution in [2.75, 3.05) is 5.73 Å². The van der Waals surface area contributed by atoms with E-state index in [2.05, 4.69) is 5.32 Å². The predicted octanol–water partition coefficient (Wildman–Crippen LogP) is 0.0298. The van der Waals surface area contributed by atoms with Gasteiger partial charge in [0.25, 0.3) is 5.91 Å². The second-order valence-electron chi connectivity index (χ2n) is 4.35. The van der Waals surface area contributed by atoms with Crippen molar-refractivity contribution < 1.29 is 19.9 Å². The lowest BCUT2D eigenvalue weighted by atomic mass is 10.0. The van der Waals surface area contributed by atoms with Gasteiger partial charge in [0.05, 0.1) is 5.48 Å². The molecule has 3 N–H and O–H groups in total. The van der Waals surface area contributed by atoms with E-state index in [9.17, 15) is 14.4 Å². The topological polar surface area (TPSA) is 92.5 Å². The summed E-state index contributed by atoms with van der Waals surface area (Å²) in [5, 5.41) is 2.08. The van der Waals surface area contributed by atoms with Crippen LogP contribution in [0.3, 0.4) is 0 Å². The summed E-state index contributed by atoms with van der Waals surface area (Å²) in [4.78, 5) is 36.6.